The van der Waals surface area contributed by atoms with Crippen molar-refractivity contribution in [3.63, 3.8) is 0 Å². The number of rotatable bonds is 3. The number of allylic oxidation sites excluding steroid dienone is 4. The van der Waals surface area contributed by atoms with Crippen LogP contribution >= 0.6 is 0 Å². The van der Waals surface area contributed by atoms with Crippen LogP contribution in [0.1, 0.15) is 29.4 Å². The summed E-state index contributed by atoms with van der Waals surface area (Å²) in [5, 5.41) is 3.54. The second kappa shape index (κ2) is 7.95. The van der Waals surface area contributed by atoms with Crippen molar-refractivity contribution in [2.45, 2.75) is 19.5 Å². The van der Waals surface area contributed by atoms with Crippen molar-refractivity contribution in [2.75, 3.05) is 0 Å². The maximum absolute atomic E-state index is 13.3. The van der Waals surface area contributed by atoms with Crippen LogP contribution in [-0.2, 0) is 15.8 Å². The third-order valence-corrected chi connectivity index (χ3v) is 5.80. The normalized spacial score (nSPS) is 15.8. The highest BCUT2D eigenvalue weighted by atomic mass is 19.4. The van der Waals surface area contributed by atoms with Crippen molar-refractivity contribution < 1.29 is 27.6 Å². The molecule has 2 N–H and O–H groups in total. The lowest BCUT2D eigenvalue weighted by atomic mass is 9.96. The molecule has 0 spiro atoms. The fourth-order valence-electron chi connectivity index (χ4n) is 4.06. The summed E-state index contributed by atoms with van der Waals surface area (Å²) < 4.78 is 41.5. The van der Waals surface area contributed by atoms with Gasteiger partial charge in [0.05, 0.1) is 11.1 Å². The van der Waals surface area contributed by atoms with Gasteiger partial charge in [-0.15, -0.1) is 0 Å². The number of halogens is 3. The number of nitrogens with zero attached hydrogens (tertiary/aromatic N) is 1. The van der Waals surface area contributed by atoms with E-state index in [0.29, 0.717) is 33.5 Å². The molecule has 0 bridgehead atoms. The minimum Gasteiger partial charge on any atom is -0.379 e. The number of hydrogen-bond acceptors (Lipinski definition) is 3. The molecule has 1 aromatic heterocycles. The van der Waals surface area contributed by atoms with Crippen LogP contribution in [0.5, 0.6) is 0 Å². The van der Waals surface area contributed by atoms with Crippen LogP contribution in [0.15, 0.2) is 89.4 Å². The van der Waals surface area contributed by atoms with E-state index in [4.69, 9.17) is 4.84 Å². The van der Waals surface area contributed by atoms with Crippen LogP contribution in [-0.4, -0.2) is 16.4 Å². The molecule has 0 radical (unpaired) electrons. The minimum atomic E-state index is -4.52. The zero-order valence-electron chi connectivity index (χ0n) is 17.9. The monoisotopic (exact) mass is 465 g/mol. The molecule has 1 aliphatic heterocycles. The number of hydrogen-bond donors (Lipinski definition) is 2. The highest BCUT2D eigenvalue weighted by Crippen LogP contribution is 2.33. The molecule has 0 saturated carbocycles. The van der Waals surface area contributed by atoms with Crippen molar-refractivity contribution in [1.29, 1.82) is 0 Å². The third kappa shape index (κ3) is 3.75. The number of alkyl halides is 3. The molecule has 172 valence electrons. The number of hydroxylamine groups is 1. The van der Waals surface area contributed by atoms with Crippen LogP contribution in [0.25, 0.3) is 16.6 Å². The molecule has 0 atom stereocenters. The Labute approximate surface area is 192 Å². The van der Waals surface area contributed by atoms with Crippen LogP contribution in [0.4, 0.5) is 13.2 Å². The lowest BCUT2D eigenvalue weighted by molar-refractivity contribution is -0.137. The Balaban J connectivity index is 1.54. The number of benzene rings is 2. The van der Waals surface area contributed by atoms with E-state index >= 15 is 0 Å². The van der Waals surface area contributed by atoms with Gasteiger partial charge >= 0.3 is 6.18 Å². The first-order chi connectivity index (χ1) is 16.2. The van der Waals surface area contributed by atoms with E-state index in [1.54, 1.807) is 49.4 Å². The van der Waals surface area contributed by atoms with Crippen molar-refractivity contribution in [1.82, 2.24) is 15.4 Å². The van der Waals surface area contributed by atoms with E-state index in [9.17, 15) is 22.8 Å². The van der Waals surface area contributed by atoms with E-state index in [2.05, 4.69) is 10.8 Å². The van der Waals surface area contributed by atoms with Gasteiger partial charge in [0, 0.05) is 34.3 Å². The molecule has 0 unspecified atom stereocenters. The fourth-order valence-corrected chi connectivity index (χ4v) is 4.06. The molecule has 1 aliphatic carbocycles. The van der Waals surface area contributed by atoms with Crippen molar-refractivity contribution in [2.24, 2.45) is 0 Å². The van der Waals surface area contributed by atoms with E-state index in [-0.39, 0.29) is 23.7 Å². The molecule has 9 heteroatoms. The maximum atomic E-state index is 13.3. The average molecular weight is 465 g/mol. The largest absolute Gasteiger partial charge is 0.416 e. The van der Waals surface area contributed by atoms with Crippen molar-refractivity contribution in [3.05, 3.63) is 101 Å². The molecule has 2 aliphatic rings. The van der Waals surface area contributed by atoms with Gasteiger partial charge in [-0.25, -0.2) is 0 Å². The summed E-state index contributed by atoms with van der Waals surface area (Å²) in [5.41, 5.74) is 4.16. The Bertz CT molecular complexity index is 1440. The van der Waals surface area contributed by atoms with Crippen LogP contribution in [0.2, 0.25) is 0 Å². The van der Waals surface area contributed by atoms with Crippen LogP contribution in [0.3, 0.4) is 0 Å². The lowest BCUT2D eigenvalue weighted by Gasteiger charge is -2.25. The Morgan fingerprint density at radius 1 is 1.09 bits per heavy atom. The topological polar surface area (TPSA) is 72.4 Å². The Morgan fingerprint density at radius 3 is 2.68 bits per heavy atom. The zero-order chi connectivity index (χ0) is 24.0. The summed E-state index contributed by atoms with van der Waals surface area (Å²) >= 11 is 0. The summed E-state index contributed by atoms with van der Waals surface area (Å²) in [5.74, 6) is -0.353. The summed E-state index contributed by atoms with van der Waals surface area (Å²) in [7, 11) is 0. The first kappa shape index (κ1) is 21.6. The average Bonchev–Trinajstić information content (AvgIpc) is 3.21. The Hall–Kier alpha value is -4.27. The summed E-state index contributed by atoms with van der Waals surface area (Å²) in [4.78, 5) is 30.4. The second-order valence-electron chi connectivity index (χ2n) is 7.96. The van der Waals surface area contributed by atoms with Gasteiger partial charge < -0.3 is 14.7 Å². The first-order valence-electron chi connectivity index (χ1n) is 10.4. The third-order valence-electron chi connectivity index (χ3n) is 5.80. The number of fused-ring (bicyclic) bond motifs is 2. The molecule has 0 fully saturated rings. The fraction of sp³-hybridized carbons (Fsp3) is 0.120. The number of carbonyl (C=O) groups excluding carboxylic acids is 2. The molecular formula is C25H18F3N3O3. The SMILES string of the molecule is CC1=C2CC(NC(=O)c3cc4ccccc4n3-c3cccc(C(F)(F)F)c3)=CC=C2ONC1=O. The molecular weight excluding hydrogens is 447 g/mol. The smallest absolute Gasteiger partial charge is 0.379 e. The molecule has 34 heavy (non-hydrogen) atoms. The van der Waals surface area contributed by atoms with Gasteiger partial charge in [-0.05, 0) is 49.4 Å². The van der Waals surface area contributed by atoms with Gasteiger partial charge in [0.25, 0.3) is 11.8 Å². The minimum absolute atomic E-state index is 0.180. The highest BCUT2D eigenvalue weighted by Gasteiger charge is 2.31. The van der Waals surface area contributed by atoms with Crippen LogP contribution < -0.4 is 10.8 Å². The van der Waals surface area contributed by atoms with Gasteiger partial charge in [0.2, 0.25) is 0 Å². The Morgan fingerprint density at radius 2 is 1.88 bits per heavy atom. The quantitative estimate of drug-likeness (QED) is 0.576. The number of nitrogens with one attached hydrogen (secondary N) is 2. The van der Waals surface area contributed by atoms with E-state index < -0.39 is 17.6 Å². The van der Waals surface area contributed by atoms with Gasteiger partial charge in [-0.2, -0.15) is 18.7 Å². The second-order valence-corrected chi connectivity index (χ2v) is 7.96. The standard InChI is InChI=1S/C25H18F3N3O3/c1-14-19-13-17(9-10-22(19)34-30-23(14)32)29-24(33)21-11-15-5-2-3-8-20(15)31(21)18-7-4-6-16(12-18)25(26,27)28/h2-12H,13H2,1H3,(H,29,33)(H,30,32). The highest BCUT2D eigenvalue weighted by molar-refractivity contribution is 6.01. The lowest BCUT2D eigenvalue weighted by Crippen LogP contribution is -2.33. The number of carbonyl (C=O) groups is 2. The van der Waals surface area contributed by atoms with Crippen molar-refractivity contribution >= 4 is 22.7 Å². The molecule has 2 aromatic carbocycles. The number of amides is 2. The zero-order valence-corrected chi connectivity index (χ0v) is 17.9. The summed E-state index contributed by atoms with van der Waals surface area (Å²) in [6.07, 6.45) is -0.947. The van der Waals surface area contributed by atoms with Gasteiger partial charge in [0.15, 0.2) is 5.76 Å². The van der Waals surface area contributed by atoms with Crippen LogP contribution in [0, 0.1) is 0 Å². The maximum Gasteiger partial charge on any atom is 0.416 e. The molecule has 2 amide bonds. The molecule has 5 rings (SSSR count). The molecule has 3 aromatic rings. The predicted octanol–water partition coefficient (Wildman–Crippen LogP) is 4.93. The Kier molecular flexibility index (Phi) is 5.04. The predicted molar refractivity (Wildman–Crippen MR) is 118 cm³/mol. The molecule has 2 heterocycles. The van der Waals surface area contributed by atoms with Gasteiger partial charge in [-0.3, -0.25) is 9.59 Å². The number of aromatic nitrogens is 1. The molecule has 6 nitrogen and oxygen atoms in total. The van der Waals surface area contributed by atoms with E-state index in [0.717, 1.165) is 12.1 Å². The summed E-state index contributed by atoms with van der Waals surface area (Å²) in [6.45, 7) is 1.66. The van der Waals surface area contributed by atoms with Crippen molar-refractivity contribution in [3.8, 4) is 5.69 Å². The van der Waals surface area contributed by atoms with Gasteiger partial charge in [-0.1, -0.05) is 24.3 Å². The summed E-state index contributed by atoms with van der Waals surface area (Å²) in [6, 6.07) is 13.6. The first-order valence-corrected chi connectivity index (χ1v) is 10.4. The van der Waals surface area contributed by atoms with E-state index in [1.165, 1.54) is 16.7 Å². The van der Waals surface area contributed by atoms with Gasteiger partial charge in [0.1, 0.15) is 5.69 Å². The van der Waals surface area contributed by atoms with E-state index in [1.807, 2.05) is 0 Å². The molecule has 0 saturated heterocycles. The number of para-hydroxylation sites is 1.